The van der Waals surface area contributed by atoms with Crippen LogP contribution in [0.4, 0.5) is 0 Å². The number of nitrogens with zero attached hydrogens (tertiary/aromatic N) is 4. The number of fused-ring (bicyclic) bond motifs is 6. The van der Waals surface area contributed by atoms with Crippen LogP contribution in [0.25, 0.3) is 66.1 Å². The molecular formula is C44H38N4S. The molecule has 8 aromatic rings. The fourth-order valence-electron chi connectivity index (χ4n) is 6.22. The summed E-state index contributed by atoms with van der Waals surface area (Å²) in [4.78, 5) is 22.7. The lowest BCUT2D eigenvalue weighted by Gasteiger charge is -2.18. The molecule has 49 heavy (non-hydrogen) atoms. The van der Waals surface area contributed by atoms with E-state index < -0.39 is 0 Å². The van der Waals surface area contributed by atoms with Gasteiger partial charge in [0.25, 0.3) is 0 Å². The molecule has 4 aromatic carbocycles. The average Bonchev–Trinajstić information content (AvgIpc) is 3.10. The van der Waals surface area contributed by atoms with Crippen LogP contribution in [0.1, 0.15) is 52.9 Å². The minimum atomic E-state index is -0.0289. The summed E-state index contributed by atoms with van der Waals surface area (Å²) >= 11 is 1.75. The molecule has 0 fully saturated rings. The van der Waals surface area contributed by atoms with E-state index in [0.29, 0.717) is 0 Å². The van der Waals surface area contributed by atoms with Crippen LogP contribution in [0.2, 0.25) is 0 Å². The van der Waals surface area contributed by atoms with E-state index in [2.05, 4.69) is 163 Å². The summed E-state index contributed by atoms with van der Waals surface area (Å²) in [6, 6.07) is 43.0. The van der Waals surface area contributed by atoms with E-state index in [4.69, 9.17) is 19.9 Å². The second kappa shape index (κ2) is 11.8. The van der Waals surface area contributed by atoms with Crippen LogP contribution >= 0.6 is 11.8 Å². The summed E-state index contributed by atoms with van der Waals surface area (Å²) in [7, 11) is 0. The van der Waals surface area contributed by atoms with Gasteiger partial charge in [0, 0.05) is 64.7 Å². The topological polar surface area (TPSA) is 51.6 Å². The van der Waals surface area contributed by atoms with E-state index in [1.165, 1.54) is 9.79 Å². The van der Waals surface area contributed by atoms with Gasteiger partial charge in [-0.05, 0) is 48.5 Å². The molecule has 0 unspecified atom stereocenters. The number of aromatic nitrogens is 4. The lowest BCUT2D eigenvalue weighted by Crippen LogP contribution is -2.13. The minimum absolute atomic E-state index is 0.0289. The van der Waals surface area contributed by atoms with Gasteiger partial charge >= 0.3 is 0 Å². The van der Waals surface area contributed by atoms with Gasteiger partial charge in [-0.1, -0.05) is 126 Å². The zero-order valence-electron chi connectivity index (χ0n) is 28.7. The number of rotatable bonds is 4. The van der Waals surface area contributed by atoms with Gasteiger partial charge in [0.1, 0.15) is 0 Å². The summed E-state index contributed by atoms with van der Waals surface area (Å²) in [5.41, 5.74) is 9.97. The Bertz CT molecular complexity index is 2340. The Morgan fingerprint density at radius 3 is 1.00 bits per heavy atom. The van der Waals surface area contributed by atoms with Crippen LogP contribution in [0, 0.1) is 0 Å². The van der Waals surface area contributed by atoms with Crippen molar-refractivity contribution in [1.82, 2.24) is 19.9 Å². The maximum Gasteiger partial charge on any atom is 0.0972 e. The van der Waals surface area contributed by atoms with E-state index in [0.717, 1.165) is 77.5 Å². The normalized spacial score (nSPS) is 12.4. The van der Waals surface area contributed by atoms with Gasteiger partial charge in [-0.25, -0.2) is 19.9 Å². The second-order valence-corrected chi connectivity index (χ2v) is 16.0. The van der Waals surface area contributed by atoms with Gasteiger partial charge in [0.15, 0.2) is 0 Å². The second-order valence-electron chi connectivity index (χ2n) is 14.9. The highest BCUT2D eigenvalue weighted by Gasteiger charge is 2.18. The summed E-state index contributed by atoms with van der Waals surface area (Å²) in [6.07, 6.45) is 0. The number of hydrogen-bond donors (Lipinski definition) is 0. The van der Waals surface area contributed by atoms with Crippen molar-refractivity contribution in [3.05, 3.63) is 133 Å². The van der Waals surface area contributed by atoms with E-state index in [-0.39, 0.29) is 10.8 Å². The molecule has 0 N–H and O–H groups in total. The SMILES string of the molecule is CC(C)(C)c1ccc2ccc3ccc(-c4ccc(Sc5ccc(-c6ccc7ccc8ccc(C(C)(C)C)nc8c7n6)cc5)cc4)nc3c2n1. The Balaban J connectivity index is 1.04. The third-order valence-electron chi connectivity index (χ3n) is 9.11. The van der Waals surface area contributed by atoms with Crippen molar-refractivity contribution >= 4 is 55.4 Å². The maximum atomic E-state index is 5.12. The lowest BCUT2D eigenvalue weighted by atomic mass is 9.91. The Hall–Kier alpha value is -5.13. The average molecular weight is 655 g/mol. The van der Waals surface area contributed by atoms with Crippen molar-refractivity contribution in [3.63, 3.8) is 0 Å². The summed E-state index contributed by atoms with van der Waals surface area (Å²) in [5.74, 6) is 0. The zero-order valence-corrected chi connectivity index (χ0v) is 29.6. The highest BCUT2D eigenvalue weighted by molar-refractivity contribution is 7.99. The Labute approximate surface area is 291 Å². The monoisotopic (exact) mass is 654 g/mol. The van der Waals surface area contributed by atoms with Crippen LogP contribution in [0.15, 0.2) is 131 Å². The lowest BCUT2D eigenvalue weighted by molar-refractivity contribution is 0.571. The zero-order chi connectivity index (χ0) is 33.9. The van der Waals surface area contributed by atoms with Crippen LogP contribution in [-0.2, 0) is 10.8 Å². The van der Waals surface area contributed by atoms with Crippen molar-refractivity contribution in [1.29, 1.82) is 0 Å². The van der Waals surface area contributed by atoms with Crippen LogP contribution in [-0.4, -0.2) is 19.9 Å². The molecule has 4 nitrogen and oxygen atoms in total. The van der Waals surface area contributed by atoms with Crippen molar-refractivity contribution in [3.8, 4) is 22.5 Å². The van der Waals surface area contributed by atoms with Gasteiger partial charge in [0.05, 0.1) is 33.5 Å². The Kier molecular flexibility index (Phi) is 7.49. The molecule has 0 radical (unpaired) electrons. The smallest absolute Gasteiger partial charge is 0.0972 e. The van der Waals surface area contributed by atoms with Crippen molar-refractivity contribution in [2.24, 2.45) is 0 Å². The fraction of sp³-hybridized carbons (Fsp3) is 0.182. The molecule has 4 heterocycles. The molecule has 8 rings (SSSR count). The number of benzene rings is 4. The molecule has 0 aliphatic rings. The number of pyridine rings is 4. The quantitative estimate of drug-likeness (QED) is 0.177. The molecule has 0 saturated heterocycles. The van der Waals surface area contributed by atoms with Crippen molar-refractivity contribution in [2.75, 3.05) is 0 Å². The highest BCUT2D eigenvalue weighted by Crippen LogP contribution is 2.34. The van der Waals surface area contributed by atoms with Gasteiger partial charge in [-0.3, -0.25) is 0 Å². The van der Waals surface area contributed by atoms with Crippen molar-refractivity contribution < 1.29 is 0 Å². The molecule has 0 aliphatic carbocycles. The first kappa shape index (κ1) is 31.2. The van der Waals surface area contributed by atoms with Gasteiger partial charge in [0.2, 0.25) is 0 Å². The Morgan fingerprint density at radius 1 is 0.347 bits per heavy atom. The largest absolute Gasteiger partial charge is 0.250 e. The third kappa shape index (κ3) is 6.04. The summed E-state index contributed by atoms with van der Waals surface area (Å²) in [5, 5.41) is 4.42. The van der Waals surface area contributed by atoms with Gasteiger partial charge in [-0.15, -0.1) is 0 Å². The number of hydrogen-bond acceptors (Lipinski definition) is 5. The van der Waals surface area contributed by atoms with E-state index in [1.807, 2.05) is 0 Å². The summed E-state index contributed by atoms with van der Waals surface area (Å²) in [6.45, 7) is 13.2. The van der Waals surface area contributed by atoms with Crippen LogP contribution in [0.5, 0.6) is 0 Å². The van der Waals surface area contributed by atoms with Crippen molar-refractivity contribution in [2.45, 2.75) is 62.2 Å². The van der Waals surface area contributed by atoms with Crippen LogP contribution < -0.4 is 0 Å². The van der Waals surface area contributed by atoms with E-state index >= 15 is 0 Å². The highest BCUT2D eigenvalue weighted by atomic mass is 32.2. The first-order chi connectivity index (χ1) is 23.5. The molecule has 0 bridgehead atoms. The molecule has 4 aromatic heterocycles. The standard InChI is InChI=1S/C44H38N4S/c1-43(2,3)37-25-17-31-9-7-29-15-23-35(45-39(29)41(31)47-37)27-11-19-33(20-12-27)49-34-21-13-28(14-22-34)36-24-16-30-8-10-32-18-26-38(44(4,5)6)48-42(32)40(30)46-36/h7-26H,1-6H3. The molecule has 0 saturated carbocycles. The maximum absolute atomic E-state index is 5.12. The molecule has 5 heteroatoms. The molecule has 0 amide bonds. The molecule has 240 valence electrons. The third-order valence-corrected chi connectivity index (χ3v) is 10.1. The molecular weight excluding hydrogens is 617 g/mol. The minimum Gasteiger partial charge on any atom is -0.250 e. The predicted octanol–water partition coefficient (Wildman–Crippen LogP) is 12.0. The Morgan fingerprint density at radius 2 is 0.653 bits per heavy atom. The van der Waals surface area contributed by atoms with E-state index in [1.54, 1.807) is 11.8 Å². The molecule has 0 atom stereocenters. The molecule has 0 aliphatic heterocycles. The van der Waals surface area contributed by atoms with Gasteiger partial charge < -0.3 is 0 Å². The first-order valence-corrected chi connectivity index (χ1v) is 17.6. The summed E-state index contributed by atoms with van der Waals surface area (Å²) < 4.78 is 0. The fourth-order valence-corrected chi connectivity index (χ4v) is 7.03. The predicted molar refractivity (Wildman–Crippen MR) is 206 cm³/mol. The van der Waals surface area contributed by atoms with Gasteiger partial charge in [-0.2, -0.15) is 0 Å². The van der Waals surface area contributed by atoms with Crippen LogP contribution in [0.3, 0.4) is 0 Å². The van der Waals surface area contributed by atoms with E-state index in [9.17, 15) is 0 Å². The first-order valence-electron chi connectivity index (χ1n) is 16.8. The molecule has 0 spiro atoms.